The molecule has 2 aromatic carbocycles. The van der Waals surface area contributed by atoms with Crippen molar-refractivity contribution in [1.29, 1.82) is 0 Å². The number of nitrogens with one attached hydrogen (secondary N) is 1. The smallest absolute Gasteiger partial charge is 0.267 e. The van der Waals surface area contributed by atoms with E-state index in [0.717, 1.165) is 42.1 Å². The fraction of sp³-hybridized carbons (Fsp3) is 0.100. The van der Waals surface area contributed by atoms with Gasteiger partial charge in [-0.2, -0.15) is 0 Å². The van der Waals surface area contributed by atoms with Crippen molar-refractivity contribution in [2.75, 3.05) is 6.54 Å². The molecule has 0 unspecified atom stereocenters. The number of hydrogen-bond acceptors (Lipinski definition) is 6. The van der Waals surface area contributed by atoms with Crippen LogP contribution < -0.4 is 10.9 Å². The molecule has 0 aliphatic heterocycles. The molecule has 0 amide bonds. The fourth-order valence-corrected chi connectivity index (χ4v) is 4.48. The van der Waals surface area contributed by atoms with Crippen LogP contribution >= 0.6 is 0 Å². The molecule has 0 aliphatic carbocycles. The predicted molar refractivity (Wildman–Crippen MR) is 148 cm³/mol. The second-order valence-corrected chi connectivity index (χ2v) is 8.84. The van der Waals surface area contributed by atoms with Crippen molar-refractivity contribution in [2.45, 2.75) is 13.1 Å². The molecule has 0 saturated carbocycles. The average molecular weight is 500 g/mol. The van der Waals surface area contributed by atoms with Crippen molar-refractivity contribution in [3.63, 3.8) is 0 Å². The van der Waals surface area contributed by atoms with Crippen molar-refractivity contribution in [2.24, 2.45) is 0 Å². The molecule has 0 spiro atoms. The lowest BCUT2D eigenvalue weighted by atomic mass is 10.1. The maximum Gasteiger partial charge on any atom is 0.267 e. The van der Waals surface area contributed by atoms with Crippen LogP contribution in [0.25, 0.3) is 39.5 Å². The highest BCUT2D eigenvalue weighted by atomic mass is 16.1. The molecule has 4 heterocycles. The van der Waals surface area contributed by atoms with E-state index >= 15 is 0 Å². The van der Waals surface area contributed by atoms with E-state index in [4.69, 9.17) is 4.98 Å². The normalized spacial score (nSPS) is 11.2. The average Bonchev–Trinajstić information content (AvgIpc) is 3.45. The van der Waals surface area contributed by atoms with Gasteiger partial charge in [-0.3, -0.25) is 9.78 Å². The summed E-state index contributed by atoms with van der Waals surface area (Å²) >= 11 is 0. The van der Waals surface area contributed by atoms with Gasteiger partial charge in [0, 0.05) is 61.7 Å². The summed E-state index contributed by atoms with van der Waals surface area (Å²) in [4.78, 5) is 31.5. The van der Waals surface area contributed by atoms with Gasteiger partial charge in [0.05, 0.1) is 10.9 Å². The number of para-hydroxylation sites is 1. The summed E-state index contributed by atoms with van der Waals surface area (Å²) in [6.45, 7) is 2.35. The molecule has 6 rings (SSSR count). The van der Waals surface area contributed by atoms with Gasteiger partial charge in [0.15, 0.2) is 0 Å². The number of rotatable bonds is 8. The van der Waals surface area contributed by atoms with E-state index in [1.807, 2.05) is 85.3 Å². The zero-order chi connectivity index (χ0) is 25.7. The minimum Gasteiger partial charge on any atom is -0.330 e. The largest absolute Gasteiger partial charge is 0.330 e. The van der Waals surface area contributed by atoms with Crippen LogP contribution in [0, 0.1) is 0 Å². The third kappa shape index (κ3) is 4.72. The molecule has 4 aromatic heterocycles. The first-order valence-electron chi connectivity index (χ1n) is 12.4. The zero-order valence-corrected chi connectivity index (χ0v) is 20.6. The minimum absolute atomic E-state index is 0.150. The van der Waals surface area contributed by atoms with Crippen molar-refractivity contribution < 1.29 is 0 Å². The Kier molecular flexibility index (Phi) is 6.53. The molecule has 8 nitrogen and oxygen atoms in total. The molecular weight excluding hydrogens is 474 g/mol. The summed E-state index contributed by atoms with van der Waals surface area (Å²) in [7, 11) is 0. The summed E-state index contributed by atoms with van der Waals surface area (Å²) in [6.07, 6.45) is 9.12. The number of benzene rings is 2. The van der Waals surface area contributed by atoms with Crippen LogP contribution in [0.3, 0.4) is 0 Å². The van der Waals surface area contributed by atoms with Gasteiger partial charge < -0.3 is 9.88 Å². The van der Waals surface area contributed by atoms with E-state index in [2.05, 4.69) is 30.9 Å². The second kappa shape index (κ2) is 10.6. The standard InChI is InChI=1S/C30H25N7O/c38-30-25-7-1-2-8-26(25)35-29(37(30)27-9-3-4-15-33-27)24-12-10-23(11-13-24)28-34-17-19-36(28)18-16-32-21-22-6-5-14-31-20-22/h1-15,17,19-20,32H,16,18,21H2. The van der Waals surface area contributed by atoms with Crippen LogP contribution in [0.2, 0.25) is 0 Å². The van der Waals surface area contributed by atoms with E-state index in [9.17, 15) is 4.79 Å². The molecule has 0 bridgehead atoms. The first-order valence-corrected chi connectivity index (χ1v) is 12.4. The van der Waals surface area contributed by atoms with Crippen LogP contribution in [-0.2, 0) is 13.1 Å². The van der Waals surface area contributed by atoms with Crippen LogP contribution in [0.4, 0.5) is 0 Å². The molecule has 186 valence electrons. The van der Waals surface area contributed by atoms with E-state index < -0.39 is 0 Å². The molecule has 0 radical (unpaired) electrons. The Labute approximate surface area is 219 Å². The number of pyridine rings is 2. The number of imidazole rings is 1. The molecule has 0 atom stereocenters. The number of aromatic nitrogens is 6. The monoisotopic (exact) mass is 499 g/mol. The SMILES string of the molecule is O=c1c2ccccc2nc(-c2ccc(-c3nccn3CCNCc3cccnc3)cc2)n1-c1ccccn1. The predicted octanol–water partition coefficient (Wildman–Crippen LogP) is 4.50. The van der Waals surface area contributed by atoms with Crippen molar-refractivity contribution >= 4 is 10.9 Å². The highest BCUT2D eigenvalue weighted by molar-refractivity contribution is 5.80. The Hall–Kier alpha value is -4.95. The summed E-state index contributed by atoms with van der Waals surface area (Å²) < 4.78 is 3.70. The van der Waals surface area contributed by atoms with Crippen LogP contribution in [0.1, 0.15) is 5.56 Å². The highest BCUT2D eigenvalue weighted by Crippen LogP contribution is 2.25. The number of hydrogen-bond donors (Lipinski definition) is 1. The quantitative estimate of drug-likeness (QED) is 0.310. The van der Waals surface area contributed by atoms with Gasteiger partial charge in [0.1, 0.15) is 17.5 Å². The lowest BCUT2D eigenvalue weighted by molar-refractivity contribution is 0.600. The number of fused-ring (bicyclic) bond motifs is 1. The maximum atomic E-state index is 13.5. The highest BCUT2D eigenvalue weighted by Gasteiger charge is 2.16. The first-order chi connectivity index (χ1) is 18.8. The minimum atomic E-state index is -0.150. The fourth-order valence-electron chi connectivity index (χ4n) is 4.48. The third-order valence-electron chi connectivity index (χ3n) is 6.35. The molecule has 0 aliphatic rings. The molecule has 38 heavy (non-hydrogen) atoms. The molecule has 1 N–H and O–H groups in total. The summed E-state index contributed by atoms with van der Waals surface area (Å²) in [5.74, 6) is 1.96. The van der Waals surface area contributed by atoms with E-state index in [-0.39, 0.29) is 5.56 Å². The first kappa shape index (κ1) is 23.4. The van der Waals surface area contributed by atoms with Gasteiger partial charge in [0.2, 0.25) is 0 Å². The van der Waals surface area contributed by atoms with Crippen molar-refractivity contribution in [1.82, 2.24) is 34.4 Å². The zero-order valence-electron chi connectivity index (χ0n) is 20.6. The van der Waals surface area contributed by atoms with Gasteiger partial charge in [-0.25, -0.2) is 19.5 Å². The Balaban J connectivity index is 1.28. The Morgan fingerprint density at radius 3 is 2.37 bits per heavy atom. The van der Waals surface area contributed by atoms with Gasteiger partial charge in [-0.1, -0.05) is 48.5 Å². The second-order valence-electron chi connectivity index (χ2n) is 8.84. The van der Waals surface area contributed by atoms with Crippen LogP contribution in [0.5, 0.6) is 0 Å². The van der Waals surface area contributed by atoms with E-state index in [1.54, 1.807) is 23.0 Å². The molecule has 8 heteroatoms. The van der Waals surface area contributed by atoms with Crippen molar-refractivity contribution in [3.8, 4) is 28.6 Å². The van der Waals surface area contributed by atoms with Gasteiger partial charge in [-0.15, -0.1) is 0 Å². The molecule has 0 saturated heterocycles. The molecule has 0 fully saturated rings. The Bertz CT molecular complexity index is 1730. The van der Waals surface area contributed by atoms with Gasteiger partial charge >= 0.3 is 0 Å². The number of nitrogens with zero attached hydrogens (tertiary/aromatic N) is 6. The van der Waals surface area contributed by atoms with Crippen LogP contribution in [0.15, 0.2) is 115 Å². The van der Waals surface area contributed by atoms with Crippen LogP contribution in [-0.4, -0.2) is 35.6 Å². The van der Waals surface area contributed by atoms with Crippen molar-refractivity contribution in [3.05, 3.63) is 126 Å². The topological polar surface area (TPSA) is 90.5 Å². The lowest BCUT2D eigenvalue weighted by Crippen LogP contribution is -2.22. The molecule has 6 aromatic rings. The summed E-state index contributed by atoms with van der Waals surface area (Å²) in [6, 6.07) is 24.9. The van der Waals surface area contributed by atoms with Gasteiger partial charge in [-0.05, 0) is 35.9 Å². The summed E-state index contributed by atoms with van der Waals surface area (Å²) in [5, 5.41) is 4.01. The Morgan fingerprint density at radius 1 is 0.763 bits per heavy atom. The lowest BCUT2D eigenvalue weighted by Gasteiger charge is -2.14. The third-order valence-corrected chi connectivity index (χ3v) is 6.35. The van der Waals surface area contributed by atoms with E-state index in [0.29, 0.717) is 22.5 Å². The molecular formula is C30H25N7O. The van der Waals surface area contributed by atoms with Gasteiger partial charge in [0.25, 0.3) is 5.56 Å². The Morgan fingerprint density at radius 2 is 1.58 bits per heavy atom. The van der Waals surface area contributed by atoms with E-state index in [1.165, 1.54) is 0 Å². The summed E-state index contributed by atoms with van der Waals surface area (Å²) in [5.41, 5.74) is 3.46. The maximum absolute atomic E-state index is 13.5.